The number of amides is 1. The van der Waals surface area contributed by atoms with Gasteiger partial charge in [0.05, 0.1) is 11.1 Å². The topological polar surface area (TPSA) is 71.0 Å². The molecule has 22 heavy (non-hydrogen) atoms. The molecule has 2 N–H and O–H groups in total. The predicted octanol–water partition coefficient (Wildman–Crippen LogP) is 1.69. The highest BCUT2D eigenvalue weighted by Gasteiger charge is 2.14. The van der Waals surface area contributed by atoms with Crippen LogP contribution >= 0.6 is 0 Å². The average Bonchev–Trinajstić information content (AvgIpc) is 2.90. The molecule has 2 heterocycles. The maximum absolute atomic E-state index is 12.3. The van der Waals surface area contributed by atoms with E-state index in [0.717, 1.165) is 15.6 Å². The lowest BCUT2D eigenvalue weighted by molar-refractivity contribution is -0.904. The Labute approximate surface area is 127 Å². The smallest absolute Gasteiger partial charge is 0.252 e. The standard InChI is InChI=1S/C16H16N4O2/c1-11(2)17-16(21)13-6-3-7-15-14(13)10-20(18-15)12-5-4-8-19(22)9-12/h3-11H,1-2H3,(H-,17,21,22)/p+1. The Morgan fingerprint density at radius 1 is 1.32 bits per heavy atom. The second-order valence-electron chi connectivity index (χ2n) is 5.38. The number of rotatable bonds is 3. The highest BCUT2D eigenvalue weighted by Crippen LogP contribution is 2.19. The monoisotopic (exact) mass is 297 g/mol. The molecule has 0 radical (unpaired) electrons. The number of benzene rings is 1. The number of pyridine rings is 1. The summed E-state index contributed by atoms with van der Waals surface area (Å²) in [6.45, 7) is 3.84. The van der Waals surface area contributed by atoms with E-state index >= 15 is 0 Å². The molecule has 1 aromatic carbocycles. The third kappa shape index (κ3) is 2.63. The summed E-state index contributed by atoms with van der Waals surface area (Å²) in [6.07, 6.45) is 4.86. The van der Waals surface area contributed by atoms with E-state index in [1.165, 1.54) is 6.20 Å². The molecule has 0 saturated heterocycles. The molecule has 0 fully saturated rings. The first-order valence-electron chi connectivity index (χ1n) is 7.05. The summed E-state index contributed by atoms with van der Waals surface area (Å²) < 4.78 is 2.61. The van der Waals surface area contributed by atoms with Gasteiger partial charge in [0.25, 0.3) is 5.91 Å². The van der Waals surface area contributed by atoms with Gasteiger partial charge < -0.3 is 5.32 Å². The Morgan fingerprint density at radius 2 is 2.14 bits per heavy atom. The number of hydrogen-bond acceptors (Lipinski definition) is 3. The predicted molar refractivity (Wildman–Crippen MR) is 81.1 cm³/mol. The molecule has 0 aliphatic heterocycles. The van der Waals surface area contributed by atoms with Gasteiger partial charge in [0, 0.05) is 28.4 Å². The minimum absolute atomic E-state index is 0.0697. The number of nitrogens with one attached hydrogen (secondary N) is 1. The van der Waals surface area contributed by atoms with Crippen LogP contribution < -0.4 is 10.0 Å². The molecule has 0 unspecified atom stereocenters. The van der Waals surface area contributed by atoms with Crippen molar-refractivity contribution < 1.29 is 14.7 Å². The van der Waals surface area contributed by atoms with Crippen LogP contribution in [0.4, 0.5) is 0 Å². The normalized spacial score (nSPS) is 11.0. The van der Waals surface area contributed by atoms with Crippen LogP contribution in [-0.4, -0.2) is 26.9 Å². The van der Waals surface area contributed by atoms with Gasteiger partial charge in [-0.25, -0.2) is 4.68 Å². The van der Waals surface area contributed by atoms with Crippen molar-refractivity contribution in [2.24, 2.45) is 0 Å². The average molecular weight is 297 g/mol. The summed E-state index contributed by atoms with van der Waals surface area (Å²) in [4.78, 5) is 12.3. The van der Waals surface area contributed by atoms with Crippen LogP contribution in [-0.2, 0) is 0 Å². The summed E-state index contributed by atoms with van der Waals surface area (Å²) in [6, 6.07) is 9.06. The maximum atomic E-state index is 12.3. The van der Waals surface area contributed by atoms with E-state index in [0.29, 0.717) is 11.3 Å². The number of aromatic nitrogens is 3. The van der Waals surface area contributed by atoms with Crippen LogP contribution in [0.5, 0.6) is 0 Å². The van der Waals surface area contributed by atoms with Crippen LogP contribution in [0.25, 0.3) is 16.6 Å². The molecule has 3 rings (SSSR count). The molecule has 0 bridgehead atoms. The van der Waals surface area contributed by atoms with Crippen LogP contribution in [0.1, 0.15) is 24.2 Å². The molecule has 6 nitrogen and oxygen atoms in total. The van der Waals surface area contributed by atoms with Gasteiger partial charge in [-0.15, -0.1) is 0 Å². The molecular weight excluding hydrogens is 280 g/mol. The molecule has 3 aromatic rings. The number of carbonyl (C=O) groups excluding carboxylic acids is 1. The summed E-state index contributed by atoms with van der Waals surface area (Å²) in [5, 5.41) is 17.6. The second-order valence-corrected chi connectivity index (χ2v) is 5.38. The molecule has 0 spiro atoms. The lowest BCUT2D eigenvalue weighted by atomic mass is 10.1. The van der Waals surface area contributed by atoms with Gasteiger partial charge in [-0.05, 0) is 32.0 Å². The van der Waals surface area contributed by atoms with Gasteiger partial charge >= 0.3 is 0 Å². The van der Waals surface area contributed by atoms with E-state index in [9.17, 15) is 10.0 Å². The van der Waals surface area contributed by atoms with E-state index in [2.05, 4.69) is 10.4 Å². The van der Waals surface area contributed by atoms with Crippen LogP contribution in [0.2, 0.25) is 0 Å². The summed E-state index contributed by atoms with van der Waals surface area (Å²) in [7, 11) is 0. The first-order valence-corrected chi connectivity index (χ1v) is 7.05. The van der Waals surface area contributed by atoms with E-state index < -0.39 is 0 Å². The fraction of sp³-hybridized carbons (Fsp3) is 0.188. The van der Waals surface area contributed by atoms with Crippen molar-refractivity contribution in [3.05, 3.63) is 54.5 Å². The van der Waals surface area contributed by atoms with Crippen LogP contribution in [0, 0.1) is 0 Å². The molecule has 0 aliphatic rings. The van der Waals surface area contributed by atoms with Crippen molar-refractivity contribution in [1.29, 1.82) is 0 Å². The second kappa shape index (κ2) is 5.48. The zero-order valence-corrected chi connectivity index (χ0v) is 12.4. The number of hydrogen-bond donors (Lipinski definition) is 2. The molecule has 0 aliphatic carbocycles. The maximum Gasteiger partial charge on any atom is 0.252 e. The molecule has 6 heteroatoms. The first-order chi connectivity index (χ1) is 10.5. The van der Waals surface area contributed by atoms with E-state index in [-0.39, 0.29) is 11.9 Å². The highest BCUT2D eigenvalue weighted by molar-refractivity contribution is 6.06. The zero-order chi connectivity index (χ0) is 15.7. The zero-order valence-electron chi connectivity index (χ0n) is 12.4. The largest absolute Gasteiger partial charge is 0.350 e. The lowest BCUT2D eigenvalue weighted by Crippen LogP contribution is -2.30. The first kappa shape index (κ1) is 14.1. The minimum Gasteiger partial charge on any atom is -0.350 e. The fourth-order valence-electron chi connectivity index (χ4n) is 2.30. The summed E-state index contributed by atoms with van der Waals surface area (Å²) >= 11 is 0. The molecule has 2 aromatic heterocycles. The quantitative estimate of drug-likeness (QED) is 0.571. The Balaban J connectivity index is 2.08. The van der Waals surface area contributed by atoms with Gasteiger partial charge in [0.2, 0.25) is 12.4 Å². The number of fused-ring (bicyclic) bond motifs is 1. The number of carbonyl (C=O) groups is 1. The van der Waals surface area contributed by atoms with Gasteiger partial charge in [-0.3, -0.25) is 10.0 Å². The molecule has 112 valence electrons. The Kier molecular flexibility index (Phi) is 3.50. The Morgan fingerprint density at radius 3 is 2.86 bits per heavy atom. The molecule has 1 amide bonds. The SMILES string of the molecule is CC(C)NC(=O)c1cccc2nn(-c3ccc[n+](O)c3)cc12. The van der Waals surface area contributed by atoms with Gasteiger partial charge in [0.1, 0.15) is 5.69 Å². The van der Waals surface area contributed by atoms with Gasteiger partial charge in [-0.1, -0.05) is 6.07 Å². The highest BCUT2D eigenvalue weighted by atomic mass is 16.5. The van der Waals surface area contributed by atoms with E-state index in [4.69, 9.17) is 0 Å². The summed E-state index contributed by atoms with van der Waals surface area (Å²) in [5.74, 6) is -0.120. The van der Waals surface area contributed by atoms with Crippen molar-refractivity contribution >= 4 is 16.8 Å². The fourth-order valence-corrected chi connectivity index (χ4v) is 2.30. The third-order valence-electron chi connectivity index (χ3n) is 3.25. The van der Waals surface area contributed by atoms with Gasteiger partial charge in [0.15, 0.2) is 0 Å². The number of nitrogens with zero attached hydrogens (tertiary/aromatic N) is 3. The Hall–Kier alpha value is -2.89. The third-order valence-corrected chi connectivity index (χ3v) is 3.25. The molecule has 0 atom stereocenters. The van der Waals surface area contributed by atoms with Gasteiger partial charge in [-0.2, -0.15) is 5.10 Å². The molecular formula is C16H17N4O2+. The van der Waals surface area contributed by atoms with Crippen molar-refractivity contribution in [3.8, 4) is 5.69 Å². The van der Waals surface area contributed by atoms with Crippen LogP contribution in [0.15, 0.2) is 48.9 Å². The van der Waals surface area contributed by atoms with Crippen molar-refractivity contribution in [3.63, 3.8) is 0 Å². The van der Waals surface area contributed by atoms with Crippen molar-refractivity contribution in [2.45, 2.75) is 19.9 Å². The van der Waals surface area contributed by atoms with Crippen LogP contribution in [0.3, 0.4) is 0 Å². The van der Waals surface area contributed by atoms with Crippen molar-refractivity contribution in [2.75, 3.05) is 0 Å². The summed E-state index contributed by atoms with van der Waals surface area (Å²) in [5.41, 5.74) is 2.02. The minimum atomic E-state index is -0.120. The Bertz CT molecular complexity index is 839. The van der Waals surface area contributed by atoms with E-state index in [1.54, 1.807) is 29.2 Å². The lowest BCUT2D eigenvalue weighted by Gasteiger charge is -2.08. The van der Waals surface area contributed by atoms with Crippen molar-refractivity contribution in [1.82, 2.24) is 15.1 Å². The molecule has 0 saturated carbocycles. The van der Waals surface area contributed by atoms with E-state index in [1.807, 2.05) is 32.0 Å².